The lowest BCUT2D eigenvalue weighted by molar-refractivity contribution is -0.168. The van der Waals surface area contributed by atoms with Crippen molar-refractivity contribution in [1.82, 2.24) is 4.90 Å². The summed E-state index contributed by atoms with van der Waals surface area (Å²) in [6.07, 6.45) is -0.583. The third kappa shape index (κ3) is 3.30. The SMILES string of the molecule is C[C@@]1(Cl)CS[C@@H]2[C@H](N)C(=O)N2[C@H]1C(=O)OC(c1ccccc1)c1ccccc1. The number of fused-ring (bicyclic) bond motifs is 1. The number of ether oxygens (including phenoxy) is 1. The minimum Gasteiger partial charge on any atom is -0.451 e. The molecule has 2 aromatic rings. The number of benzene rings is 2. The van der Waals surface area contributed by atoms with Gasteiger partial charge in [0.1, 0.15) is 11.4 Å². The summed E-state index contributed by atoms with van der Waals surface area (Å²) >= 11 is 8.16. The Morgan fingerprint density at radius 2 is 1.71 bits per heavy atom. The standard InChI is InChI=1S/C21H21ClN2O3S/c1-21(22)12-28-19-15(23)18(25)24(19)17(21)20(26)27-16(13-8-4-2-5-9-13)14-10-6-3-7-11-14/h2-11,15-17,19H,12,23H2,1H3/t15-,17+,19-,21-/m1/s1. The number of carbonyl (C=O) groups is 2. The molecule has 5 nitrogen and oxygen atoms in total. The molecule has 2 aromatic carbocycles. The van der Waals surface area contributed by atoms with Crippen LogP contribution in [0, 0.1) is 0 Å². The zero-order valence-corrected chi connectivity index (χ0v) is 16.9. The molecule has 7 heteroatoms. The highest BCUT2D eigenvalue weighted by Crippen LogP contribution is 2.45. The highest BCUT2D eigenvalue weighted by Gasteiger charge is 2.60. The summed E-state index contributed by atoms with van der Waals surface area (Å²) in [6, 6.07) is 17.6. The molecule has 1 amide bonds. The number of carbonyl (C=O) groups excluding carboxylic acids is 2. The van der Waals surface area contributed by atoms with Gasteiger partial charge in [-0.2, -0.15) is 0 Å². The molecule has 0 bridgehead atoms. The number of thioether (sulfide) groups is 1. The van der Waals surface area contributed by atoms with Crippen molar-refractivity contribution in [3.63, 3.8) is 0 Å². The van der Waals surface area contributed by atoms with Crippen LogP contribution in [0.2, 0.25) is 0 Å². The van der Waals surface area contributed by atoms with Crippen LogP contribution in [0.5, 0.6) is 0 Å². The van der Waals surface area contributed by atoms with E-state index in [1.807, 2.05) is 60.7 Å². The van der Waals surface area contributed by atoms with Crippen molar-refractivity contribution in [3.8, 4) is 0 Å². The average molecular weight is 417 g/mol. The first-order chi connectivity index (χ1) is 13.4. The fourth-order valence-corrected chi connectivity index (χ4v) is 5.46. The molecule has 146 valence electrons. The summed E-state index contributed by atoms with van der Waals surface area (Å²) in [7, 11) is 0. The van der Waals surface area contributed by atoms with Crippen LogP contribution in [0.1, 0.15) is 24.2 Å². The van der Waals surface area contributed by atoms with Crippen LogP contribution in [0.15, 0.2) is 60.7 Å². The van der Waals surface area contributed by atoms with Gasteiger partial charge in [0.15, 0.2) is 12.1 Å². The van der Waals surface area contributed by atoms with Crippen LogP contribution in [0.3, 0.4) is 0 Å². The van der Waals surface area contributed by atoms with Crippen LogP contribution in [0.25, 0.3) is 0 Å². The molecule has 4 atom stereocenters. The van der Waals surface area contributed by atoms with E-state index in [0.717, 1.165) is 11.1 Å². The molecule has 0 spiro atoms. The van der Waals surface area contributed by atoms with E-state index in [2.05, 4.69) is 0 Å². The Bertz CT molecular complexity index is 838. The first-order valence-electron chi connectivity index (χ1n) is 9.09. The minimum absolute atomic E-state index is 0.233. The lowest BCUT2D eigenvalue weighted by Crippen LogP contribution is -2.77. The van der Waals surface area contributed by atoms with Gasteiger partial charge in [0, 0.05) is 5.75 Å². The van der Waals surface area contributed by atoms with E-state index in [0.29, 0.717) is 5.75 Å². The zero-order valence-electron chi connectivity index (χ0n) is 15.3. The van der Waals surface area contributed by atoms with E-state index in [4.69, 9.17) is 22.1 Å². The Morgan fingerprint density at radius 1 is 1.18 bits per heavy atom. The molecule has 28 heavy (non-hydrogen) atoms. The van der Waals surface area contributed by atoms with Crippen LogP contribution >= 0.6 is 23.4 Å². The van der Waals surface area contributed by atoms with Gasteiger partial charge in [-0.1, -0.05) is 60.7 Å². The second kappa shape index (κ2) is 7.43. The van der Waals surface area contributed by atoms with Crippen molar-refractivity contribution in [2.75, 3.05) is 5.75 Å². The Hall–Kier alpha value is -2.02. The highest BCUT2D eigenvalue weighted by molar-refractivity contribution is 8.00. The molecule has 2 aliphatic heterocycles. The summed E-state index contributed by atoms with van der Waals surface area (Å²) in [4.78, 5) is 26.2. The van der Waals surface area contributed by atoms with Crippen LogP contribution < -0.4 is 5.73 Å². The van der Waals surface area contributed by atoms with Gasteiger partial charge in [-0.15, -0.1) is 23.4 Å². The van der Waals surface area contributed by atoms with Crippen LogP contribution in [-0.4, -0.2) is 44.9 Å². The fraction of sp³-hybridized carbons (Fsp3) is 0.333. The molecule has 0 saturated carbocycles. The molecule has 4 rings (SSSR count). The van der Waals surface area contributed by atoms with Crippen molar-refractivity contribution in [2.24, 2.45) is 5.73 Å². The van der Waals surface area contributed by atoms with Crippen LogP contribution in [0.4, 0.5) is 0 Å². The number of rotatable bonds is 4. The normalized spacial score (nSPS) is 29.2. The van der Waals surface area contributed by atoms with Crippen molar-refractivity contribution in [2.45, 2.75) is 35.4 Å². The maximum atomic E-state index is 13.3. The number of alkyl halides is 1. The van der Waals surface area contributed by atoms with Crippen molar-refractivity contribution in [3.05, 3.63) is 71.8 Å². The molecular formula is C21H21ClN2O3S. The maximum Gasteiger partial charge on any atom is 0.331 e. The minimum atomic E-state index is -0.925. The van der Waals surface area contributed by atoms with Gasteiger partial charge >= 0.3 is 5.97 Å². The van der Waals surface area contributed by atoms with E-state index in [1.54, 1.807) is 6.92 Å². The van der Waals surface area contributed by atoms with Crippen LogP contribution in [-0.2, 0) is 14.3 Å². The summed E-state index contributed by atoms with van der Waals surface area (Å²) in [5.41, 5.74) is 7.61. The topological polar surface area (TPSA) is 72.6 Å². The van der Waals surface area contributed by atoms with Gasteiger partial charge < -0.3 is 15.4 Å². The quantitative estimate of drug-likeness (QED) is 0.471. The summed E-state index contributed by atoms with van der Waals surface area (Å²) in [5, 5.41) is -0.233. The summed E-state index contributed by atoms with van der Waals surface area (Å²) < 4.78 is 5.97. The number of halogens is 1. The Balaban J connectivity index is 1.65. The molecule has 2 saturated heterocycles. The number of β-lactam (4-membered cyclic amide) rings is 1. The largest absolute Gasteiger partial charge is 0.451 e. The summed E-state index contributed by atoms with van der Waals surface area (Å²) in [6.45, 7) is 1.76. The van der Waals surface area contributed by atoms with Gasteiger partial charge in [-0.25, -0.2) is 4.79 Å². The van der Waals surface area contributed by atoms with Gasteiger partial charge in [-0.3, -0.25) is 4.79 Å². The Labute approximate surface area is 173 Å². The average Bonchev–Trinajstić information content (AvgIpc) is 2.71. The van der Waals surface area contributed by atoms with Gasteiger partial charge in [0.25, 0.3) is 0 Å². The third-order valence-electron chi connectivity index (χ3n) is 5.17. The summed E-state index contributed by atoms with van der Waals surface area (Å²) in [5.74, 6) is -0.264. The van der Waals surface area contributed by atoms with E-state index >= 15 is 0 Å². The van der Waals surface area contributed by atoms with E-state index < -0.39 is 29.0 Å². The molecule has 0 aromatic heterocycles. The number of esters is 1. The third-order valence-corrected chi connectivity index (χ3v) is 7.29. The molecule has 0 unspecified atom stereocenters. The lowest BCUT2D eigenvalue weighted by Gasteiger charge is -2.55. The second-order valence-corrected chi connectivity index (χ2v) is 9.26. The Kier molecular flexibility index (Phi) is 5.12. The molecule has 0 radical (unpaired) electrons. The molecule has 2 fully saturated rings. The number of nitrogens with zero attached hydrogens (tertiary/aromatic N) is 1. The highest BCUT2D eigenvalue weighted by atomic mass is 35.5. The van der Waals surface area contributed by atoms with Crippen molar-refractivity contribution in [1.29, 1.82) is 0 Å². The van der Waals surface area contributed by atoms with Gasteiger partial charge in [-0.05, 0) is 18.1 Å². The maximum absolute atomic E-state index is 13.3. The number of amides is 1. The molecule has 2 N–H and O–H groups in total. The Morgan fingerprint density at radius 3 is 2.25 bits per heavy atom. The lowest BCUT2D eigenvalue weighted by atomic mass is 9.94. The number of hydrogen-bond donors (Lipinski definition) is 1. The second-order valence-electron chi connectivity index (χ2n) is 7.29. The molecular weight excluding hydrogens is 396 g/mol. The molecule has 2 heterocycles. The van der Waals surface area contributed by atoms with Crippen molar-refractivity contribution < 1.29 is 14.3 Å². The van der Waals surface area contributed by atoms with E-state index in [9.17, 15) is 9.59 Å². The number of nitrogens with two attached hydrogens (primary N) is 1. The zero-order chi connectivity index (χ0) is 19.9. The van der Waals surface area contributed by atoms with E-state index in [-0.39, 0.29) is 11.3 Å². The monoisotopic (exact) mass is 416 g/mol. The fourth-order valence-electron chi connectivity index (χ4n) is 3.71. The van der Waals surface area contributed by atoms with Gasteiger partial charge in [0.05, 0.1) is 4.87 Å². The van der Waals surface area contributed by atoms with Gasteiger partial charge in [0.2, 0.25) is 5.91 Å². The van der Waals surface area contributed by atoms with Crippen molar-refractivity contribution >= 4 is 35.2 Å². The molecule has 0 aliphatic carbocycles. The number of hydrogen-bond acceptors (Lipinski definition) is 5. The predicted octanol–water partition coefficient (Wildman–Crippen LogP) is 2.93. The van der Waals surface area contributed by atoms with E-state index in [1.165, 1.54) is 16.7 Å². The first kappa shape index (κ1) is 19.3. The molecule has 2 aliphatic rings. The smallest absolute Gasteiger partial charge is 0.331 e. The predicted molar refractivity (Wildman–Crippen MR) is 110 cm³/mol. The first-order valence-corrected chi connectivity index (χ1v) is 10.5.